The van der Waals surface area contributed by atoms with Gasteiger partial charge in [0.2, 0.25) is 0 Å². The Hall–Kier alpha value is -1.89. The third-order valence-electron chi connectivity index (χ3n) is 3.85. The SMILES string of the molecule is CN(C)CCOCCOC(c1ccccc1)c1ccccc1C(F)(F)F. The lowest BCUT2D eigenvalue weighted by molar-refractivity contribution is -0.139. The van der Waals surface area contributed by atoms with Crippen LogP contribution >= 0.6 is 0 Å². The van der Waals surface area contributed by atoms with Crippen LogP contribution in [0.1, 0.15) is 22.8 Å². The third-order valence-corrected chi connectivity index (χ3v) is 3.85. The van der Waals surface area contributed by atoms with E-state index >= 15 is 0 Å². The minimum atomic E-state index is -4.44. The fourth-order valence-electron chi connectivity index (χ4n) is 2.55. The van der Waals surface area contributed by atoms with Crippen molar-refractivity contribution in [2.24, 2.45) is 0 Å². The van der Waals surface area contributed by atoms with Gasteiger partial charge in [-0.05, 0) is 31.3 Å². The number of likely N-dealkylation sites (N-methyl/N-ethyl adjacent to an activating group) is 1. The van der Waals surface area contributed by atoms with Gasteiger partial charge in [0.25, 0.3) is 0 Å². The summed E-state index contributed by atoms with van der Waals surface area (Å²) in [6, 6.07) is 14.5. The summed E-state index contributed by atoms with van der Waals surface area (Å²) in [6.45, 7) is 1.86. The fourth-order valence-corrected chi connectivity index (χ4v) is 2.55. The Morgan fingerprint density at radius 2 is 1.54 bits per heavy atom. The van der Waals surface area contributed by atoms with Crippen LogP contribution in [0.4, 0.5) is 13.2 Å². The molecule has 1 unspecified atom stereocenters. The average molecular weight is 367 g/mol. The Kier molecular flexibility index (Phi) is 7.63. The molecule has 0 aromatic heterocycles. The molecule has 0 fully saturated rings. The van der Waals surface area contributed by atoms with Crippen molar-refractivity contribution < 1.29 is 22.6 Å². The number of benzene rings is 2. The normalized spacial score (nSPS) is 13.2. The molecule has 0 aliphatic carbocycles. The van der Waals surface area contributed by atoms with Crippen LogP contribution in [0.15, 0.2) is 54.6 Å². The van der Waals surface area contributed by atoms with Crippen LogP contribution in [0.5, 0.6) is 0 Å². The molecule has 0 amide bonds. The van der Waals surface area contributed by atoms with E-state index in [1.54, 1.807) is 30.3 Å². The quantitative estimate of drug-likeness (QED) is 0.614. The zero-order valence-corrected chi connectivity index (χ0v) is 15.0. The van der Waals surface area contributed by atoms with Gasteiger partial charge >= 0.3 is 6.18 Å². The van der Waals surface area contributed by atoms with Crippen LogP contribution in [-0.2, 0) is 15.7 Å². The van der Waals surface area contributed by atoms with Gasteiger partial charge in [-0.25, -0.2) is 0 Å². The van der Waals surface area contributed by atoms with Gasteiger partial charge in [-0.3, -0.25) is 0 Å². The standard InChI is InChI=1S/C20H24F3NO2/c1-24(2)12-13-25-14-15-26-19(16-8-4-3-5-9-16)17-10-6-7-11-18(17)20(21,22)23/h3-11,19H,12-15H2,1-2H3. The molecule has 1 atom stereocenters. The van der Waals surface area contributed by atoms with Crippen LogP contribution in [0.25, 0.3) is 0 Å². The molecule has 0 heterocycles. The summed E-state index contributed by atoms with van der Waals surface area (Å²) in [6.07, 6.45) is -5.23. The maximum Gasteiger partial charge on any atom is 0.416 e. The van der Waals surface area contributed by atoms with E-state index in [0.29, 0.717) is 18.8 Å². The largest absolute Gasteiger partial charge is 0.416 e. The molecule has 0 spiro atoms. The third kappa shape index (κ3) is 6.12. The second-order valence-electron chi connectivity index (χ2n) is 6.16. The van der Waals surface area contributed by atoms with E-state index < -0.39 is 17.8 Å². The molecule has 0 aliphatic heterocycles. The van der Waals surface area contributed by atoms with Gasteiger partial charge in [-0.1, -0.05) is 48.5 Å². The lowest BCUT2D eigenvalue weighted by Crippen LogP contribution is -2.20. The van der Waals surface area contributed by atoms with Crippen molar-refractivity contribution in [3.63, 3.8) is 0 Å². The summed E-state index contributed by atoms with van der Waals surface area (Å²) in [5.41, 5.74) is 0.111. The summed E-state index contributed by atoms with van der Waals surface area (Å²) in [7, 11) is 3.89. The topological polar surface area (TPSA) is 21.7 Å². The number of ether oxygens (including phenoxy) is 2. The summed E-state index contributed by atoms with van der Waals surface area (Å²) in [4.78, 5) is 1.99. The molecule has 142 valence electrons. The molecule has 0 aliphatic rings. The second-order valence-corrected chi connectivity index (χ2v) is 6.16. The highest BCUT2D eigenvalue weighted by Gasteiger charge is 2.35. The molecular formula is C20H24F3NO2. The fraction of sp³-hybridized carbons (Fsp3) is 0.400. The molecule has 2 aromatic rings. The molecule has 0 N–H and O–H groups in total. The van der Waals surface area contributed by atoms with Gasteiger partial charge in [-0.15, -0.1) is 0 Å². The summed E-state index contributed by atoms with van der Waals surface area (Å²) in [5.74, 6) is 0. The zero-order valence-electron chi connectivity index (χ0n) is 15.0. The maximum absolute atomic E-state index is 13.4. The van der Waals surface area contributed by atoms with Crippen molar-refractivity contribution >= 4 is 0 Å². The first-order valence-corrected chi connectivity index (χ1v) is 8.44. The molecule has 3 nitrogen and oxygen atoms in total. The van der Waals surface area contributed by atoms with Crippen molar-refractivity contribution in [2.45, 2.75) is 12.3 Å². The lowest BCUT2D eigenvalue weighted by Gasteiger charge is -2.23. The molecule has 0 radical (unpaired) electrons. The Morgan fingerprint density at radius 1 is 0.885 bits per heavy atom. The average Bonchev–Trinajstić information content (AvgIpc) is 2.61. The minimum absolute atomic E-state index is 0.111. The molecule has 0 saturated heterocycles. The Morgan fingerprint density at radius 3 is 2.19 bits per heavy atom. The van der Waals surface area contributed by atoms with Crippen molar-refractivity contribution in [3.05, 3.63) is 71.3 Å². The summed E-state index contributed by atoms with van der Waals surface area (Å²) >= 11 is 0. The van der Waals surface area contributed by atoms with Crippen LogP contribution in [0.3, 0.4) is 0 Å². The van der Waals surface area contributed by atoms with E-state index in [-0.39, 0.29) is 12.2 Å². The smallest absolute Gasteiger partial charge is 0.378 e. The highest BCUT2D eigenvalue weighted by molar-refractivity contribution is 5.37. The second kappa shape index (κ2) is 9.71. The number of hydrogen-bond donors (Lipinski definition) is 0. The minimum Gasteiger partial charge on any atom is -0.378 e. The van der Waals surface area contributed by atoms with Crippen LogP contribution in [0, 0.1) is 0 Å². The maximum atomic E-state index is 13.4. The summed E-state index contributed by atoms with van der Waals surface area (Å²) < 4.78 is 51.5. The Bertz CT molecular complexity index is 660. The van der Waals surface area contributed by atoms with E-state index in [0.717, 1.165) is 12.6 Å². The predicted octanol–water partition coefficient (Wildman–Crippen LogP) is 4.39. The monoisotopic (exact) mass is 367 g/mol. The highest BCUT2D eigenvalue weighted by atomic mass is 19.4. The predicted molar refractivity (Wildman–Crippen MR) is 95.1 cm³/mol. The van der Waals surface area contributed by atoms with Gasteiger partial charge < -0.3 is 14.4 Å². The van der Waals surface area contributed by atoms with Crippen molar-refractivity contribution in [3.8, 4) is 0 Å². The molecular weight excluding hydrogens is 343 g/mol. The van der Waals surface area contributed by atoms with Crippen LogP contribution in [0.2, 0.25) is 0 Å². The van der Waals surface area contributed by atoms with Crippen LogP contribution < -0.4 is 0 Å². The van der Waals surface area contributed by atoms with E-state index in [2.05, 4.69) is 0 Å². The molecule has 26 heavy (non-hydrogen) atoms. The van der Waals surface area contributed by atoms with Crippen LogP contribution in [-0.4, -0.2) is 45.4 Å². The number of hydrogen-bond acceptors (Lipinski definition) is 3. The molecule has 0 bridgehead atoms. The number of nitrogens with zero attached hydrogens (tertiary/aromatic N) is 1. The molecule has 2 rings (SSSR count). The van der Waals surface area contributed by atoms with Gasteiger partial charge in [0, 0.05) is 6.54 Å². The highest BCUT2D eigenvalue weighted by Crippen LogP contribution is 2.37. The summed E-state index contributed by atoms with van der Waals surface area (Å²) in [5, 5.41) is 0. The van der Waals surface area contributed by atoms with Crippen molar-refractivity contribution in [1.82, 2.24) is 4.90 Å². The first kappa shape index (κ1) is 20.4. The Labute approximate surface area is 152 Å². The van der Waals surface area contributed by atoms with E-state index in [1.165, 1.54) is 12.1 Å². The van der Waals surface area contributed by atoms with Gasteiger partial charge in [0.05, 0.1) is 25.4 Å². The number of halogens is 3. The number of alkyl halides is 3. The lowest BCUT2D eigenvalue weighted by atomic mass is 9.96. The van der Waals surface area contributed by atoms with Crippen molar-refractivity contribution in [1.29, 1.82) is 0 Å². The van der Waals surface area contributed by atoms with Gasteiger partial charge in [0.15, 0.2) is 0 Å². The van der Waals surface area contributed by atoms with Gasteiger partial charge in [-0.2, -0.15) is 13.2 Å². The van der Waals surface area contributed by atoms with E-state index in [1.807, 2.05) is 25.1 Å². The first-order chi connectivity index (χ1) is 12.4. The number of rotatable bonds is 9. The van der Waals surface area contributed by atoms with Gasteiger partial charge in [0.1, 0.15) is 6.10 Å². The Balaban J connectivity index is 2.14. The van der Waals surface area contributed by atoms with E-state index in [4.69, 9.17) is 9.47 Å². The molecule has 6 heteroatoms. The van der Waals surface area contributed by atoms with E-state index in [9.17, 15) is 13.2 Å². The zero-order chi connectivity index (χ0) is 19.0. The van der Waals surface area contributed by atoms with Crippen molar-refractivity contribution in [2.75, 3.05) is 40.5 Å². The molecule has 0 saturated carbocycles. The molecule has 2 aromatic carbocycles. The first-order valence-electron chi connectivity index (χ1n) is 8.44.